The van der Waals surface area contributed by atoms with E-state index in [1.165, 1.54) is 11.3 Å². The fourth-order valence-electron chi connectivity index (χ4n) is 3.22. The first kappa shape index (κ1) is 21.8. The van der Waals surface area contributed by atoms with E-state index < -0.39 is 0 Å². The molecule has 2 rings (SSSR count). The first-order valence-electron chi connectivity index (χ1n) is 10.0. The van der Waals surface area contributed by atoms with Gasteiger partial charge in [0.05, 0.1) is 12.8 Å². The summed E-state index contributed by atoms with van der Waals surface area (Å²) in [5.74, 6) is 2.67. The van der Waals surface area contributed by atoms with Crippen molar-refractivity contribution in [2.45, 2.75) is 46.6 Å². The second-order valence-electron chi connectivity index (χ2n) is 7.56. The Morgan fingerprint density at radius 3 is 2.46 bits per heavy atom. The Morgan fingerprint density at radius 1 is 1.18 bits per heavy atom. The summed E-state index contributed by atoms with van der Waals surface area (Å²) in [6.07, 6.45) is 1.04. The minimum Gasteiger partial charge on any atom is -0.497 e. The average molecular weight is 386 g/mol. The van der Waals surface area contributed by atoms with Crippen LogP contribution in [0.4, 0.5) is 0 Å². The van der Waals surface area contributed by atoms with Crippen molar-refractivity contribution in [3.8, 4) is 5.75 Å². The molecule has 6 heteroatoms. The van der Waals surface area contributed by atoms with Crippen molar-refractivity contribution >= 4 is 5.96 Å². The molecule has 0 aliphatic rings. The third-order valence-electron chi connectivity index (χ3n) is 4.98. The lowest BCUT2D eigenvalue weighted by molar-refractivity contribution is 0.414. The van der Waals surface area contributed by atoms with Gasteiger partial charge in [-0.3, -0.25) is 9.67 Å². The van der Waals surface area contributed by atoms with E-state index in [2.05, 4.69) is 64.4 Å². The summed E-state index contributed by atoms with van der Waals surface area (Å²) in [4.78, 5) is 4.34. The van der Waals surface area contributed by atoms with Crippen LogP contribution in [0.3, 0.4) is 0 Å². The molecule has 6 nitrogen and oxygen atoms in total. The number of benzene rings is 1. The number of hydrogen-bond donors (Lipinski definition) is 2. The molecule has 0 aliphatic heterocycles. The van der Waals surface area contributed by atoms with Crippen molar-refractivity contribution in [3.05, 3.63) is 47.3 Å². The zero-order valence-electron chi connectivity index (χ0n) is 18.1. The number of methoxy groups -OCH3 is 1. The molecule has 0 fully saturated rings. The number of guanidine groups is 1. The van der Waals surface area contributed by atoms with Crippen LogP contribution in [-0.4, -0.2) is 43.0 Å². The van der Waals surface area contributed by atoms with Gasteiger partial charge in [-0.25, -0.2) is 0 Å². The highest BCUT2D eigenvalue weighted by Crippen LogP contribution is 2.21. The van der Waals surface area contributed by atoms with Crippen molar-refractivity contribution in [3.63, 3.8) is 0 Å². The van der Waals surface area contributed by atoms with Crippen LogP contribution in [-0.2, 0) is 6.54 Å². The molecule has 2 atom stereocenters. The van der Waals surface area contributed by atoms with Crippen molar-refractivity contribution in [2.75, 3.05) is 27.2 Å². The number of rotatable bonds is 9. The second kappa shape index (κ2) is 10.7. The van der Waals surface area contributed by atoms with Gasteiger partial charge >= 0.3 is 0 Å². The van der Waals surface area contributed by atoms with Gasteiger partial charge in [0.15, 0.2) is 5.96 Å². The Labute approximate surface area is 169 Å². The van der Waals surface area contributed by atoms with Crippen LogP contribution < -0.4 is 15.4 Å². The monoisotopic (exact) mass is 385 g/mol. The molecule has 0 aliphatic carbocycles. The van der Waals surface area contributed by atoms with Gasteiger partial charge in [0.1, 0.15) is 5.75 Å². The third kappa shape index (κ3) is 6.59. The number of aromatic nitrogens is 2. The van der Waals surface area contributed by atoms with Gasteiger partial charge in [0, 0.05) is 32.4 Å². The Hall–Kier alpha value is -2.50. The summed E-state index contributed by atoms with van der Waals surface area (Å²) in [6.45, 7) is 11.2. The second-order valence-corrected chi connectivity index (χ2v) is 7.56. The molecule has 1 aromatic carbocycles. The zero-order valence-corrected chi connectivity index (χ0v) is 18.1. The summed E-state index contributed by atoms with van der Waals surface area (Å²) >= 11 is 0. The number of nitrogens with one attached hydrogen (secondary N) is 2. The number of aliphatic imine (C=N–C) groups is 1. The summed E-state index contributed by atoms with van der Waals surface area (Å²) in [7, 11) is 3.51. The molecule has 2 unspecified atom stereocenters. The highest BCUT2D eigenvalue weighted by Gasteiger charge is 2.09. The molecule has 0 saturated heterocycles. The van der Waals surface area contributed by atoms with Crippen LogP contribution in [0.15, 0.2) is 35.3 Å². The van der Waals surface area contributed by atoms with E-state index in [-0.39, 0.29) is 0 Å². The zero-order chi connectivity index (χ0) is 20.5. The van der Waals surface area contributed by atoms with Gasteiger partial charge in [0.25, 0.3) is 0 Å². The van der Waals surface area contributed by atoms with E-state index in [1.807, 2.05) is 26.1 Å². The van der Waals surface area contributed by atoms with Crippen LogP contribution >= 0.6 is 0 Å². The molecule has 2 N–H and O–H groups in total. The van der Waals surface area contributed by atoms with Crippen LogP contribution in [0, 0.1) is 19.8 Å². The van der Waals surface area contributed by atoms with E-state index in [0.29, 0.717) is 11.8 Å². The Bertz CT molecular complexity index is 751. The highest BCUT2D eigenvalue weighted by atomic mass is 16.5. The predicted molar refractivity (Wildman–Crippen MR) is 116 cm³/mol. The molecule has 0 amide bonds. The van der Waals surface area contributed by atoms with Crippen LogP contribution in [0.2, 0.25) is 0 Å². The van der Waals surface area contributed by atoms with Gasteiger partial charge in [-0.15, -0.1) is 0 Å². The predicted octanol–water partition coefficient (Wildman–Crippen LogP) is 3.50. The third-order valence-corrected chi connectivity index (χ3v) is 4.98. The van der Waals surface area contributed by atoms with Crippen molar-refractivity contribution in [1.29, 1.82) is 0 Å². The molecular formula is C22H35N5O. The largest absolute Gasteiger partial charge is 0.497 e. The van der Waals surface area contributed by atoms with Gasteiger partial charge < -0.3 is 15.4 Å². The maximum atomic E-state index is 5.23. The molecular weight excluding hydrogens is 350 g/mol. The van der Waals surface area contributed by atoms with E-state index >= 15 is 0 Å². The summed E-state index contributed by atoms with van der Waals surface area (Å²) in [5, 5.41) is 11.4. The van der Waals surface area contributed by atoms with Gasteiger partial charge in [-0.2, -0.15) is 5.10 Å². The fraction of sp³-hybridized carbons (Fsp3) is 0.545. The van der Waals surface area contributed by atoms with Gasteiger partial charge in [-0.1, -0.05) is 26.0 Å². The summed E-state index contributed by atoms with van der Waals surface area (Å²) in [6, 6.07) is 10.4. The molecule has 1 aromatic heterocycles. The molecule has 1 heterocycles. The van der Waals surface area contributed by atoms with Gasteiger partial charge in [0.2, 0.25) is 0 Å². The average Bonchev–Trinajstić information content (AvgIpc) is 3.01. The molecule has 0 bridgehead atoms. The SMILES string of the molecule is CN=C(NCCC(C)c1ccc(OC)cc1)NCC(C)Cn1nc(C)cc1C. The Balaban J connectivity index is 1.72. The van der Waals surface area contributed by atoms with E-state index in [4.69, 9.17) is 4.74 Å². The van der Waals surface area contributed by atoms with Crippen molar-refractivity contribution in [2.24, 2.45) is 10.9 Å². The molecule has 2 aromatic rings. The molecule has 154 valence electrons. The highest BCUT2D eigenvalue weighted by molar-refractivity contribution is 5.79. The molecule has 0 saturated carbocycles. The Morgan fingerprint density at radius 2 is 1.89 bits per heavy atom. The first-order chi connectivity index (χ1) is 13.4. The van der Waals surface area contributed by atoms with Crippen LogP contribution in [0.5, 0.6) is 5.75 Å². The van der Waals surface area contributed by atoms with E-state index in [0.717, 1.165) is 43.5 Å². The number of nitrogens with zero attached hydrogens (tertiary/aromatic N) is 3. The topological polar surface area (TPSA) is 63.5 Å². The number of hydrogen-bond acceptors (Lipinski definition) is 3. The number of aryl methyl sites for hydroxylation is 2. The summed E-state index contributed by atoms with van der Waals surface area (Å²) in [5.41, 5.74) is 3.60. The van der Waals surface area contributed by atoms with Gasteiger partial charge in [-0.05, 0) is 55.9 Å². The van der Waals surface area contributed by atoms with Crippen molar-refractivity contribution < 1.29 is 4.74 Å². The number of ether oxygens (including phenoxy) is 1. The summed E-state index contributed by atoms with van der Waals surface area (Å²) < 4.78 is 7.30. The van der Waals surface area contributed by atoms with E-state index in [1.54, 1.807) is 7.11 Å². The lowest BCUT2D eigenvalue weighted by Crippen LogP contribution is -2.40. The minimum atomic E-state index is 0.453. The molecule has 0 spiro atoms. The lowest BCUT2D eigenvalue weighted by Gasteiger charge is -2.18. The molecule has 0 radical (unpaired) electrons. The maximum absolute atomic E-state index is 5.23. The van der Waals surface area contributed by atoms with E-state index in [9.17, 15) is 0 Å². The minimum absolute atomic E-state index is 0.453. The smallest absolute Gasteiger partial charge is 0.190 e. The van der Waals surface area contributed by atoms with Crippen LogP contribution in [0.25, 0.3) is 0 Å². The fourth-order valence-corrected chi connectivity index (χ4v) is 3.22. The van der Waals surface area contributed by atoms with Crippen molar-refractivity contribution in [1.82, 2.24) is 20.4 Å². The maximum Gasteiger partial charge on any atom is 0.190 e. The quantitative estimate of drug-likeness (QED) is 0.512. The lowest BCUT2D eigenvalue weighted by atomic mass is 9.98. The molecule has 28 heavy (non-hydrogen) atoms. The normalized spacial score (nSPS) is 13.9. The first-order valence-corrected chi connectivity index (χ1v) is 10.0. The standard InChI is InChI=1S/C22H35N5O/c1-16(15-27-19(4)13-18(3)26-27)14-25-22(23-5)24-12-11-17(2)20-7-9-21(28-6)10-8-20/h7-10,13,16-17H,11-12,14-15H2,1-6H3,(H2,23,24,25). The Kier molecular flexibility index (Phi) is 8.36. The van der Waals surface area contributed by atoms with Crippen LogP contribution in [0.1, 0.15) is 43.1 Å².